The van der Waals surface area contributed by atoms with E-state index in [4.69, 9.17) is 23.7 Å². The summed E-state index contributed by atoms with van der Waals surface area (Å²) in [6.45, 7) is 5.61. The summed E-state index contributed by atoms with van der Waals surface area (Å²) in [5.74, 6) is 3.54. The van der Waals surface area contributed by atoms with E-state index in [1.54, 1.807) is 11.3 Å². The summed E-state index contributed by atoms with van der Waals surface area (Å²) in [5.41, 5.74) is 2.37. The fraction of sp³-hybridized carbons (Fsp3) is 0.467. The van der Waals surface area contributed by atoms with Gasteiger partial charge in [0, 0.05) is 17.4 Å². The maximum atomic E-state index is 5.93. The van der Waals surface area contributed by atoms with Crippen LogP contribution in [-0.4, -0.2) is 39.1 Å². The fourth-order valence-electron chi connectivity index (χ4n) is 4.04. The average Bonchev–Trinajstić information content (AvgIpc) is 3.39. The van der Waals surface area contributed by atoms with Crippen molar-refractivity contribution in [1.82, 2.24) is 0 Å². The Hall–Kier alpha value is -2.70. The zero-order chi connectivity index (χ0) is 24.8. The van der Waals surface area contributed by atoms with E-state index in [0.29, 0.717) is 13.2 Å². The molecule has 1 aromatic heterocycles. The van der Waals surface area contributed by atoms with Gasteiger partial charge in [0.15, 0.2) is 17.6 Å². The van der Waals surface area contributed by atoms with E-state index in [1.807, 2.05) is 10.8 Å². The van der Waals surface area contributed by atoms with Crippen LogP contribution in [0, 0.1) is 0 Å². The third kappa shape index (κ3) is 8.45. The van der Waals surface area contributed by atoms with Crippen molar-refractivity contribution in [3.8, 4) is 34.1 Å². The number of fused-ring (bicyclic) bond motifs is 1. The van der Waals surface area contributed by atoms with Gasteiger partial charge in [-0.15, -0.1) is 11.3 Å². The molecule has 1 atom stereocenters. The molecular formula is C30H38O5S. The van der Waals surface area contributed by atoms with Gasteiger partial charge in [-0.1, -0.05) is 50.5 Å². The molecule has 1 unspecified atom stereocenters. The first-order valence-electron chi connectivity index (χ1n) is 13.2. The Morgan fingerprint density at radius 2 is 1.31 bits per heavy atom. The minimum atomic E-state index is -0.0133. The van der Waals surface area contributed by atoms with Gasteiger partial charge < -0.3 is 23.7 Å². The largest absolute Gasteiger partial charge is 0.494 e. The van der Waals surface area contributed by atoms with Crippen molar-refractivity contribution in [3.05, 3.63) is 59.3 Å². The van der Waals surface area contributed by atoms with Crippen molar-refractivity contribution in [2.75, 3.05) is 33.0 Å². The summed E-state index contributed by atoms with van der Waals surface area (Å²) in [6, 6.07) is 16.7. The molecule has 6 heteroatoms. The first-order valence-corrected chi connectivity index (χ1v) is 14.2. The number of thiophene rings is 1. The molecule has 0 fully saturated rings. The summed E-state index contributed by atoms with van der Waals surface area (Å²) in [6.07, 6.45) is 7.89. The molecule has 36 heavy (non-hydrogen) atoms. The maximum Gasteiger partial charge on any atom is 0.172 e. The lowest BCUT2D eigenvalue weighted by atomic mass is 10.1. The van der Waals surface area contributed by atoms with E-state index < -0.39 is 0 Å². The van der Waals surface area contributed by atoms with Gasteiger partial charge in [0.1, 0.15) is 18.1 Å². The van der Waals surface area contributed by atoms with Crippen molar-refractivity contribution in [2.45, 2.75) is 58.0 Å². The molecule has 194 valence electrons. The van der Waals surface area contributed by atoms with Crippen molar-refractivity contribution >= 4 is 11.3 Å². The minimum absolute atomic E-state index is 0.0133. The molecule has 2 heterocycles. The molecule has 0 N–H and O–H groups in total. The SMILES string of the molecule is CCCCCOc1ccc(-c2ccc(OCCCCCCOCC3COc4cscc4O3)cc2)cc1. The zero-order valence-electron chi connectivity index (χ0n) is 21.3. The van der Waals surface area contributed by atoms with Crippen LogP contribution in [0.4, 0.5) is 0 Å². The normalized spacial score (nSPS) is 14.5. The molecule has 3 aromatic rings. The Kier molecular flexibility index (Phi) is 10.8. The van der Waals surface area contributed by atoms with Crippen LogP contribution in [-0.2, 0) is 4.74 Å². The second kappa shape index (κ2) is 14.8. The van der Waals surface area contributed by atoms with Gasteiger partial charge in [0.25, 0.3) is 0 Å². The Labute approximate surface area is 219 Å². The molecule has 2 aromatic carbocycles. The molecule has 4 rings (SSSR count). The molecule has 0 bridgehead atoms. The summed E-state index contributed by atoms with van der Waals surface area (Å²) < 4.78 is 29.1. The quantitative estimate of drug-likeness (QED) is 0.184. The molecule has 0 aliphatic carbocycles. The molecule has 1 aliphatic heterocycles. The number of rotatable bonds is 16. The van der Waals surface area contributed by atoms with Gasteiger partial charge >= 0.3 is 0 Å². The lowest BCUT2D eigenvalue weighted by molar-refractivity contribution is 0.00839. The standard InChI is InChI=1S/C30H38O5S/c1-2-3-6-18-32-26-13-9-24(10-14-26)25-11-15-27(16-12-25)33-19-8-5-4-7-17-31-20-28-21-34-29-22-36-23-30(29)35-28/h9-16,22-23,28H,2-8,17-21H2,1H3. The van der Waals surface area contributed by atoms with E-state index in [1.165, 1.54) is 24.0 Å². The highest BCUT2D eigenvalue weighted by Gasteiger charge is 2.21. The molecule has 0 spiro atoms. The Morgan fingerprint density at radius 3 is 1.94 bits per heavy atom. The van der Waals surface area contributed by atoms with E-state index in [0.717, 1.165) is 74.9 Å². The van der Waals surface area contributed by atoms with Crippen LogP contribution < -0.4 is 18.9 Å². The maximum absolute atomic E-state index is 5.93. The van der Waals surface area contributed by atoms with Crippen LogP contribution in [0.25, 0.3) is 11.1 Å². The highest BCUT2D eigenvalue weighted by Crippen LogP contribution is 2.35. The predicted octanol–water partition coefficient (Wildman–Crippen LogP) is 7.78. The van der Waals surface area contributed by atoms with Crippen molar-refractivity contribution < 1.29 is 23.7 Å². The summed E-state index contributed by atoms with van der Waals surface area (Å²) >= 11 is 1.60. The topological polar surface area (TPSA) is 46.2 Å². The first-order chi connectivity index (χ1) is 17.8. The number of benzene rings is 2. The third-order valence-electron chi connectivity index (χ3n) is 6.13. The second-order valence-corrected chi connectivity index (χ2v) is 9.84. The van der Waals surface area contributed by atoms with Crippen LogP contribution >= 0.6 is 11.3 Å². The van der Waals surface area contributed by atoms with Crippen LogP contribution in [0.3, 0.4) is 0 Å². The average molecular weight is 511 g/mol. The molecule has 5 nitrogen and oxygen atoms in total. The minimum Gasteiger partial charge on any atom is -0.494 e. The van der Waals surface area contributed by atoms with Gasteiger partial charge in [-0.05, 0) is 61.1 Å². The second-order valence-electron chi connectivity index (χ2n) is 9.09. The molecule has 0 radical (unpaired) electrons. The monoisotopic (exact) mass is 510 g/mol. The van der Waals surface area contributed by atoms with Crippen LogP contribution in [0.5, 0.6) is 23.0 Å². The lowest BCUT2D eigenvalue weighted by Gasteiger charge is -2.24. The highest BCUT2D eigenvalue weighted by atomic mass is 32.1. The van der Waals surface area contributed by atoms with Crippen LogP contribution in [0.2, 0.25) is 0 Å². The molecule has 0 amide bonds. The van der Waals surface area contributed by atoms with Gasteiger partial charge in [-0.2, -0.15) is 0 Å². The van der Waals surface area contributed by atoms with Gasteiger partial charge in [-0.25, -0.2) is 0 Å². The summed E-state index contributed by atoms with van der Waals surface area (Å²) in [5, 5.41) is 3.94. The van der Waals surface area contributed by atoms with Gasteiger partial charge in [-0.3, -0.25) is 0 Å². The molecule has 1 aliphatic rings. The smallest absolute Gasteiger partial charge is 0.172 e. The number of ether oxygens (including phenoxy) is 5. The Balaban J connectivity index is 1.03. The van der Waals surface area contributed by atoms with Gasteiger partial charge in [0.2, 0.25) is 0 Å². The molecular weight excluding hydrogens is 472 g/mol. The Bertz CT molecular complexity index is 999. The van der Waals surface area contributed by atoms with Crippen LogP contribution in [0.15, 0.2) is 59.3 Å². The first kappa shape index (κ1) is 26.4. The van der Waals surface area contributed by atoms with E-state index in [-0.39, 0.29) is 6.10 Å². The summed E-state index contributed by atoms with van der Waals surface area (Å²) in [7, 11) is 0. The van der Waals surface area contributed by atoms with E-state index >= 15 is 0 Å². The Morgan fingerprint density at radius 1 is 0.722 bits per heavy atom. The van der Waals surface area contributed by atoms with Crippen molar-refractivity contribution in [1.29, 1.82) is 0 Å². The van der Waals surface area contributed by atoms with Gasteiger partial charge in [0.05, 0.1) is 19.8 Å². The summed E-state index contributed by atoms with van der Waals surface area (Å²) in [4.78, 5) is 0. The van der Waals surface area contributed by atoms with Crippen molar-refractivity contribution in [2.24, 2.45) is 0 Å². The van der Waals surface area contributed by atoms with Crippen LogP contribution in [0.1, 0.15) is 51.9 Å². The fourth-order valence-corrected chi connectivity index (χ4v) is 4.71. The number of hydrogen-bond donors (Lipinski definition) is 0. The van der Waals surface area contributed by atoms with E-state index in [9.17, 15) is 0 Å². The molecule has 0 saturated heterocycles. The third-order valence-corrected chi connectivity index (χ3v) is 6.83. The van der Waals surface area contributed by atoms with Crippen molar-refractivity contribution in [3.63, 3.8) is 0 Å². The zero-order valence-corrected chi connectivity index (χ0v) is 22.1. The highest BCUT2D eigenvalue weighted by molar-refractivity contribution is 7.08. The lowest BCUT2D eigenvalue weighted by Crippen LogP contribution is -2.33. The predicted molar refractivity (Wildman–Crippen MR) is 146 cm³/mol. The van der Waals surface area contributed by atoms with E-state index in [2.05, 4.69) is 55.5 Å². The molecule has 0 saturated carbocycles. The number of unbranched alkanes of at least 4 members (excludes halogenated alkanes) is 5. The number of hydrogen-bond acceptors (Lipinski definition) is 6.